The van der Waals surface area contributed by atoms with Crippen molar-refractivity contribution in [2.75, 3.05) is 19.0 Å². The molecule has 0 radical (unpaired) electrons. The first-order valence-electron chi connectivity index (χ1n) is 7.74. The molecule has 0 unspecified atom stereocenters. The van der Waals surface area contributed by atoms with Crippen molar-refractivity contribution in [3.05, 3.63) is 53.6 Å². The van der Waals surface area contributed by atoms with Crippen LogP contribution in [0.15, 0.2) is 42.5 Å². The number of amides is 1. The Hall–Kier alpha value is -2.82. The van der Waals surface area contributed by atoms with Crippen molar-refractivity contribution in [1.82, 2.24) is 0 Å². The van der Waals surface area contributed by atoms with Gasteiger partial charge in [0.2, 0.25) is 0 Å². The number of hydrogen-bond acceptors (Lipinski definition) is 4. The fourth-order valence-corrected chi connectivity index (χ4v) is 2.18. The predicted molar refractivity (Wildman–Crippen MR) is 92.9 cm³/mol. The normalized spacial score (nSPS) is 10.1. The number of methoxy groups -OCH3 is 1. The first-order chi connectivity index (χ1) is 11.5. The molecule has 5 heteroatoms. The number of carbonyl (C=O) groups is 2. The second-order valence-electron chi connectivity index (χ2n) is 5.34. The average Bonchev–Trinajstić information content (AvgIpc) is 2.61. The molecule has 1 amide bonds. The minimum absolute atomic E-state index is 0.0748. The smallest absolute Gasteiger partial charge is 0.262 e. The highest BCUT2D eigenvalue weighted by atomic mass is 16.5. The van der Waals surface area contributed by atoms with Crippen LogP contribution in [0.3, 0.4) is 0 Å². The summed E-state index contributed by atoms with van der Waals surface area (Å²) in [6.45, 7) is 3.64. The molecule has 0 aliphatic heterocycles. The summed E-state index contributed by atoms with van der Waals surface area (Å²) in [6, 6.07) is 12.3. The van der Waals surface area contributed by atoms with E-state index in [0.29, 0.717) is 29.2 Å². The monoisotopic (exact) mass is 327 g/mol. The fraction of sp³-hybridized carbons (Fsp3) is 0.263. The molecule has 0 heterocycles. The number of nitrogens with one attached hydrogen (secondary N) is 1. The molecule has 0 aliphatic carbocycles. The molecular formula is C19H21NO4. The third kappa shape index (κ3) is 4.59. The number of ether oxygens (including phenoxy) is 2. The average molecular weight is 327 g/mol. The minimum Gasteiger partial charge on any atom is -0.495 e. The van der Waals surface area contributed by atoms with Crippen LogP contribution in [0.4, 0.5) is 5.69 Å². The number of benzene rings is 2. The zero-order valence-corrected chi connectivity index (χ0v) is 14.1. The van der Waals surface area contributed by atoms with Crippen LogP contribution in [0.5, 0.6) is 11.5 Å². The zero-order chi connectivity index (χ0) is 17.5. The van der Waals surface area contributed by atoms with E-state index < -0.39 is 0 Å². The van der Waals surface area contributed by atoms with Crippen LogP contribution in [-0.4, -0.2) is 25.4 Å². The molecule has 0 spiro atoms. The maximum absolute atomic E-state index is 12.0. The van der Waals surface area contributed by atoms with Crippen LogP contribution in [0.25, 0.3) is 0 Å². The van der Waals surface area contributed by atoms with Crippen LogP contribution in [-0.2, 0) is 4.79 Å². The number of rotatable bonds is 7. The third-order valence-electron chi connectivity index (χ3n) is 3.50. The van der Waals surface area contributed by atoms with Gasteiger partial charge in [-0.25, -0.2) is 0 Å². The van der Waals surface area contributed by atoms with Crippen LogP contribution >= 0.6 is 0 Å². The molecular weight excluding hydrogens is 306 g/mol. The van der Waals surface area contributed by atoms with E-state index in [2.05, 4.69) is 5.32 Å². The van der Waals surface area contributed by atoms with E-state index in [1.807, 2.05) is 26.0 Å². The number of anilines is 1. The summed E-state index contributed by atoms with van der Waals surface area (Å²) in [5.41, 5.74) is 2.28. The van der Waals surface area contributed by atoms with E-state index in [4.69, 9.17) is 9.47 Å². The molecule has 5 nitrogen and oxygen atoms in total. The Morgan fingerprint density at radius 3 is 2.42 bits per heavy atom. The fourth-order valence-electron chi connectivity index (χ4n) is 2.18. The molecule has 0 saturated heterocycles. The van der Waals surface area contributed by atoms with Gasteiger partial charge in [0.15, 0.2) is 12.4 Å². The first kappa shape index (κ1) is 17.5. The van der Waals surface area contributed by atoms with Gasteiger partial charge < -0.3 is 14.8 Å². The van der Waals surface area contributed by atoms with Crippen molar-refractivity contribution in [2.24, 2.45) is 0 Å². The van der Waals surface area contributed by atoms with Gasteiger partial charge in [-0.1, -0.05) is 13.0 Å². The lowest BCUT2D eigenvalue weighted by atomic mass is 10.1. The second kappa shape index (κ2) is 8.15. The van der Waals surface area contributed by atoms with Crippen molar-refractivity contribution in [1.29, 1.82) is 0 Å². The summed E-state index contributed by atoms with van der Waals surface area (Å²) < 4.78 is 10.7. The molecule has 0 bridgehead atoms. The first-order valence-corrected chi connectivity index (χ1v) is 7.74. The number of Topliss-reactive ketones (excluding diaryl/α,β-unsaturated/α-hetero) is 1. The number of ketones is 1. The summed E-state index contributed by atoms with van der Waals surface area (Å²) in [4.78, 5) is 23.6. The lowest BCUT2D eigenvalue weighted by Gasteiger charge is -2.11. The van der Waals surface area contributed by atoms with Crippen molar-refractivity contribution in [2.45, 2.75) is 20.3 Å². The third-order valence-corrected chi connectivity index (χ3v) is 3.50. The highest BCUT2D eigenvalue weighted by Gasteiger charge is 2.09. The van der Waals surface area contributed by atoms with E-state index in [1.165, 1.54) is 0 Å². The Bertz CT molecular complexity index is 723. The van der Waals surface area contributed by atoms with E-state index in [0.717, 1.165) is 5.56 Å². The van der Waals surface area contributed by atoms with Gasteiger partial charge in [-0.3, -0.25) is 9.59 Å². The number of carbonyl (C=O) groups excluding carboxylic acids is 2. The molecule has 2 aromatic carbocycles. The van der Waals surface area contributed by atoms with Crippen molar-refractivity contribution >= 4 is 17.4 Å². The van der Waals surface area contributed by atoms with Gasteiger partial charge in [-0.05, 0) is 48.9 Å². The summed E-state index contributed by atoms with van der Waals surface area (Å²) >= 11 is 0. The predicted octanol–water partition coefficient (Wildman–Crippen LogP) is 3.61. The van der Waals surface area contributed by atoms with E-state index in [1.54, 1.807) is 37.4 Å². The van der Waals surface area contributed by atoms with Gasteiger partial charge in [-0.15, -0.1) is 0 Å². The zero-order valence-electron chi connectivity index (χ0n) is 14.1. The second-order valence-corrected chi connectivity index (χ2v) is 5.34. The van der Waals surface area contributed by atoms with Gasteiger partial charge in [0.05, 0.1) is 12.8 Å². The van der Waals surface area contributed by atoms with Crippen LogP contribution < -0.4 is 14.8 Å². The number of aryl methyl sites for hydroxylation is 1. The largest absolute Gasteiger partial charge is 0.495 e. The highest BCUT2D eigenvalue weighted by molar-refractivity contribution is 5.96. The van der Waals surface area contributed by atoms with E-state index in [9.17, 15) is 9.59 Å². The Labute approximate surface area is 141 Å². The summed E-state index contributed by atoms with van der Waals surface area (Å²) in [7, 11) is 1.56. The Kier molecular flexibility index (Phi) is 5.95. The Morgan fingerprint density at radius 2 is 1.79 bits per heavy atom. The van der Waals surface area contributed by atoms with Crippen LogP contribution in [0.1, 0.15) is 29.3 Å². The van der Waals surface area contributed by atoms with Crippen molar-refractivity contribution in [3.8, 4) is 11.5 Å². The molecule has 2 rings (SSSR count). The maximum atomic E-state index is 12.0. The quantitative estimate of drug-likeness (QED) is 0.789. The van der Waals surface area contributed by atoms with Crippen molar-refractivity contribution < 1.29 is 19.1 Å². The minimum atomic E-state index is -0.286. The van der Waals surface area contributed by atoms with Gasteiger partial charge >= 0.3 is 0 Å². The summed E-state index contributed by atoms with van der Waals surface area (Å²) in [6.07, 6.45) is 0.459. The molecule has 0 aliphatic rings. The maximum Gasteiger partial charge on any atom is 0.262 e. The number of hydrogen-bond donors (Lipinski definition) is 1. The van der Waals surface area contributed by atoms with Gasteiger partial charge in [0.25, 0.3) is 5.91 Å². The molecule has 1 N–H and O–H groups in total. The van der Waals surface area contributed by atoms with Gasteiger partial charge in [0.1, 0.15) is 11.5 Å². The molecule has 2 aromatic rings. The molecule has 126 valence electrons. The molecule has 0 aromatic heterocycles. The van der Waals surface area contributed by atoms with Gasteiger partial charge in [-0.2, -0.15) is 0 Å². The lowest BCUT2D eigenvalue weighted by molar-refractivity contribution is -0.118. The lowest BCUT2D eigenvalue weighted by Crippen LogP contribution is -2.20. The van der Waals surface area contributed by atoms with E-state index >= 15 is 0 Å². The van der Waals surface area contributed by atoms with E-state index in [-0.39, 0.29) is 18.3 Å². The molecule has 0 atom stereocenters. The van der Waals surface area contributed by atoms with Crippen LogP contribution in [0, 0.1) is 6.92 Å². The Balaban J connectivity index is 1.92. The van der Waals surface area contributed by atoms with Crippen LogP contribution in [0.2, 0.25) is 0 Å². The standard InChI is InChI=1S/C19H21NO4/c1-4-17(21)14-6-8-15(9-7-14)24-12-19(22)20-16-10-5-13(2)11-18(16)23-3/h5-11H,4,12H2,1-3H3,(H,20,22). The summed E-state index contributed by atoms with van der Waals surface area (Å²) in [5, 5.41) is 2.75. The molecule has 24 heavy (non-hydrogen) atoms. The Morgan fingerprint density at radius 1 is 1.08 bits per heavy atom. The highest BCUT2D eigenvalue weighted by Crippen LogP contribution is 2.25. The topological polar surface area (TPSA) is 64.6 Å². The van der Waals surface area contributed by atoms with Gasteiger partial charge in [0, 0.05) is 12.0 Å². The molecule has 0 fully saturated rings. The SMILES string of the molecule is CCC(=O)c1ccc(OCC(=O)Nc2ccc(C)cc2OC)cc1. The molecule has 0 saturated carbocycles. The summed E-state index contributed by atoms with van der Waals surface area (Å²) in [5.74, 6) is 0.927. The van der Waals surface area contributed by atoms with Crippen molar-refractivity contribution in [3.63, 3.8) is 0 Å².